The van der Waals surface area contributed by atoms with E-state index in [0.29, 0.717) is 6.54 Å². The summed E-state index contributed by atoms with van der Waals surface area (Å²) in [6.07, 6.45) is 3.23. The van der Waals surface area contributed by atoms with Crippen LogP contribution in [-0.2, 0) is 5.41 Å². The summed E-state index contributed by atoms with van der Waals surface area (Å²) >= 11 is 5.49. The van der Waals surface area contributed by atoms with Crippen LogP contribution < -0.4 is 10.6 Å². The van der Waals surface area contributed by atoms with Crippen molar-refractivity contribution in [2.24, 2.45) is 4.99 Å². The third-order valence-corrected chi connectivity index (χ3v) is 6.78. The maximum absolute atomic E-state index is 10.5. The molecule has 2 aliphatic rings. The van der Waals surface area contributed by atoms with Crippen LogP contribution in [-0.4, -0.2) is 47.8 Å². The first-order valence-corrected chi connectivity index (χ1v) is 10.6. The molecule has 4 nitrogen and oxygen atoms in total. The monoisotopic (exact) mass is 411 g/mol. The van der Waals surface area contributed by atoms with Gasteiger partial charge in [0.1, 0.15) is 0 Å². The molecule has 1 atom stereocenters. The molecule has 1 aromatic carbocycles. The summed E-state index contributed by atoms with van der Waals surface area (Å²) < 4.78 is 1.18. The highest BCUT2D eigenvalue weighted by Crippen LogP contribution is 2.49. The van der Waals surface area contributed by atoms with Gasteiger partial charge in [-0.05, 0) is 43.6 Å². The van der Waals surface area contributed by atoms with Crippen LogP contribution >= 0.6 is 27.7 Å². The number of aliphatic imine (C=N–C) groups is 1. The molecule has 0 aromatic heterocycles. The molecular weight excluding hydrogens is 386 g/mol. The standard InChI is InChI=1S/C18H26BrN3OS/c1-2-20-16(22-12-18(23)9-10-24-13-18)21-11-17(7-8-17)14-5-3-4-6-15(14)19/h3-6,23H,2,7-13H2,1H3,(H2,20,21,22). The Bertz CT molecular complexity index is 598. The smallest absolute Gasteiger partial charge is 0.191 e. The molecule has 3 N–H and O–H groups in total. The summed E-state index contributed by atoms with van der Waals surface area (Å²) in [5.41, 5.74) is 0.947. The lowest BCUT2D eigenvalue weighted by atomic mass is 9.96. The highest BCUT2D eigenvalue weighted by molar-refractivity contribution is 9.10. The van der Waals surface area contributed by atoms with Crippen molar-refractivity contribution in [1.29, 1.82) is 0 Å². The van der Waals surface area contributed by atoms with Gasteiger partial charge in [-0.1, -0.05) is 34.1 Å². The van der Waals surface area contributed by atoms with E-state index in [0.717, 1.165) is 37.0 Å². The van der Waals surface area contributed by atoms with Gasteiger partial charge in [0.25, 0.3) is 0 Å². The number of thioether (sulfide) groups is 1. The normalized spacial score (nSPS) is 25.5. The lowest BCUT2D eigenvalue weighted by Gasteiger charge is -2.22. The highest BCUT2D eigenvalue weighted by Gasteiger charge is 2.45. The molecule has 1 unspecified atom stereocenters. The SMILES string of the molecule is CCNC(=NCC1(O)CCSC1)NCC1(c2ccccc2Br)CC1. The Kier molecular flexibility index (Phi) is 5.78. The van der Waals surface area contributed by atoms with E-state index in [1.54, 1.807) is 0 Å². The van der Waals surface area contributed by atoms with E-state index in [-0.39, 0.29) is 5.41 Å². The molecule has 1 aromatic rings. The van der Waals surface area contributed by atoms with Gasteiger partial charge < -0.3 is 15.7 Å². The van der Waals surface area contributed by atoms with Crippen molar-refractivity contribution in [1.82, 2.24) is 10.6 Å². The van der Waals surface area contributed by atoms with Gasteiger partial charge in [-0.2, -0.15) is 11.8 Å². The van der Waals surface area contributed by atoms with E-state index >= 15 is 0 Å². The molecule has 1 aliphatic carbocycles. The molecule has 1 aliphatic heterocycles. The second kappa shape index (κ2) is 7.67. The molecule has 0 radical (unpaired) electrons. The predicted molar refractivity (Wildman–Crippen MR) is 106 cm³/mol. The summed E-state index contributed by atoms with van der Waals surface area (Å²) in [7, 11) is 0. The number of benzene rings is 1. The van der Waals surface area contributed by atoms with Crippen molar-refractivity contribution in [3.05, 3.63) is 34.3 Å². The third kappa shape index (κ3) is 4.27. The molecule has 1 saturated carbocycles. The Morgan fingerprint density at radius 3 is 2.71 bits per heavy atom. The summed E-state index contributed by atoms with van der Waals surface area (Å²) in [6.45, 7) is 4.23. The minimum absolute atomic E-state index is 0.205. The van der Waals surface area contributed by atoms with E-state index in [2.05, 4.69) is 62.7 Å². The Hall–Kier alpha value is -0.720. The minimum atomic E-state index is -0.632. The van der Waals surface area contributed by atoms with Crippen LogP contribution in [0.4, 0.5) is 0 Å². The van der Waals surface area contributed by atoms with Crippen molar-refractivity contribution in [2.45, 2.75) is 37.2 Å². The molecule has 6 heteroatoms. The lowest BCUT2D eigenvalue weighted by Crippen LogP contribution is -2.43. The molecule has 1 saturated heterocycles. The number of hydrogen-bond donors (Lipinski definition) is 3. The van der Waals surface area contributed by atoms with Crippen LogP contribution in [0.3, 0.4) is 0 Å². The number of rotatable bonds is 6. The highest BCUT2D eigenvalue weighted by atomic mass is 79.9. The molecule has 0 amide bonds. The van der Waals surface area contributed by atoms with Gasteiger partial charge >= 0.3 is 0 Å². The summed E-state index contributed by atoms with van der Waals surface area (Å²) in [5.74, 6) is 2.62. The van der Waals surface area contributed by atoms with E-state index < -0.39 is 5.60 Å². The molecule has 1 heterocycles. The third-order valence-electron chi connectivity index (χ3n) is 4.85. The van der Waals surface area contributed by atoms with Crippen LogP contribution in [0.1, 0.15) is 31.7 Å². The Morgan fingerprint density at radius 1 is 1.29 bits per heavy atom. The topological polar surface area (TPSA) is 56.7 Å². The lowest BCUT2D eigenvalue weighted by molar-refractivity contribution is 0.0778. The van der Waals surface area contributed by atoms with Crippen molar-refractivity contribution >= 4 is 33.7 Å². The first-order chi connectivity index (χ1) is 11.6. The maximum atomic E-state index is 10.5. The number of nitrogens with zero attached hydrogens (tertiary/aromatic N) is 1. The predicted octanol–water partition coefficient (Wildman–Crippen LogP) is 2.90. The number of guanidine groups is 1. The summed E-state index contributed by atoms with van der Waals surface area (Å²) in [5, 5.41) is 17.3. The van der Waals surface area contributed by atoms with Gasteiger partial charge in [-0.15, -0.1) is 0 Å². The fourth-order valence-corrected chi connectivity index (χ4v) is 5.12. The molecule has 0 bridgehead atoms. The zero-order chi connectivity index (χ0) is 17.0. The Labute approximate surface area is 157 Å². The van der Waals surface area contributed by atoms with E-state index in [1.165, 1.54) is 22.9 Å². The molecule has 2 fully saturated rings. The number of nitrogens with one attached hydrogen (secondary N) is 2. The van der Waals surface area contributed by atoms with Crippen LogP contribution in [0, 0.1) is 0 Å². The fourth-order valence-electron chi connectivity index (χ4n) is 3.13. The van der Waals surface area contributed by atoms with Crippen molar-refractivity contribution in [3.8, 4) is 0 Å². The zero-order valence-corrected chi connectivity index (χ0v) is 16.5. The molecule has 24 heavy (non-hydrogen) atoms. The van der Waals surface area contributed by atoms with Crippen molar-refractivity contribution in [3.63, 3.8) is 0 Å². The van der Waals surface area contributed by atoms with Crippen molar-refractivity contribution in [2.75, 3.05) is 31.1 Å². The van der Waals surface area contributed by atoms with E-state index in [4.69, 9.17) is 0 Å². The van der Waals surface area contributed by atoms with Crippen LogP contribution in [0.2, 0.25) is 0 Å². The fraction of sp³-hybridized carbons (Fsp3) is 0.611. The number of halogens is 1. The van der Waals surface area contributed by atoms with Gasteiger partial charge in [-0.25, -0.2) is 0 Å². The van der Waals surface area contributed by atoms with Crippen molar-refractivity contribution < 1.29 is 5.11 Å². The summed E-state index contributed by atoms with van der Waals surface area (Å²) in [4.78, 5) is 4.63. The second-order valence-electron chi connectivity index (χ2n) is 6.84. The summed E-state index contributed by atoms with van der Waals surface area (Å²) in [6, 6.07) is 8.49. The van der Waals surface area contributed by atoms with E-state index in [1.807, 2.05) is 11.8 Å². The quantitative estimate of drug-likeness (QED) is 0.497. The largest absolute Gasteiger partial charge is 0.387 e. The Morgan fingerprint density at radius 2 is 2.08 bits per heavy atom. The molecule has 132 valence electrons. The van der Waals surface area contributed by atoms with Gasteiger partial charge in [0, 0.05) is 28.7 Å². The van der Waals surface area contributed by atoms with Gasteiger partial charge in [0.2, 0.25) is 0 Å². The average Bonchev–Trinajstić information content (AvgIpc) is 3.24. The molecule has 0 spiro atoms. The first-order valence-electron chi connectivity index (χ1n) is 8.64. The number of hydrogen-bond acceptors (Lipinski definition) is 3. The number of aliphatic hydroxyl groups is 1. The minimum Gasteiger partial charge on any atom is -0.387 e. The van der Waals surface area contributed by atoms with Gasteiger partial charge in [-0.3, -0.25) is 4.99 Å². The zero-order valence-electron chi connectivity index (χ0n) is 14.1. The average molecular weight is 412 g/mol. The van der Waals surface area contributed by atoms with Crippen LogP contribution in [0.15, 0.2) is 33.7 Å². The van der Waals surface area contributed by atoms with Gasteiger partial charge in [0.15, 0.2) is 5.96 Å². The molecular formula is C18H26BrN3OS. The van der Waals surface area contributed by atoms with Crippen LogP contribution in [0.25, 0.3) is 0 Å². The second-order valence-corrected chi connectivity index (χ2v) is 8.80. The Balaban J connectivity index is 1.63. The first kappa shape index (κ1) is 18.1. The van der Waals surface area contributed by atoms with Crippen LogP contribution in [0.5, 0.6) is 0 Å². The van der Waals surface area contributed by atoms with E-state index in [9.17, 15) is 5.11 Å². The molecule has 3 rings (SSSR count). The van der Waals surface area contributed by atoms with Gasteiger partial charge in [0.05, 0.1) is 12.1 Å². The maximum Gasteiger partial charge on any atom is 0.191 e.